The minimum Gasteiger partial charge on any atom is -0.374 e. The molecule has 2 atom stereocenters. The minimum absolute atomic E-state index is 0.00111. The molecule has 7 heteroatoms. The van der Waals surface area contributed by atoms with E-state index in [4.69, 9.17) is 10.5 Å². The standard InChI is InChI=1S/C11H20BrN5O/c1-3-4-17-5-6-18-8(7-17)9(13)10-11(12)14-15-16(10)2/h8-9H,3-7,13H2,1-2H3. The average molecular weight is 318 g/mol. The molecular weight excluding hydrogens is 298 g/mol. The largest absolute Gasteiger partial charge is 0.374 e. The molecule has 0 aliphatic carbocycles. The third kappa shape index (κ3) is 2.90. The van der Waals surface area contributed by atoms with Crippen LogP contribution < -0.4 is 5.73 Å². The summed E-state index contributed by atoms with van der Waals surface area (Å²) in [7, 11) is 1.85. The van der Waals surface area contributed by atoms with Crippen LogP contribution in [0.15, 0.2) is 4.60 Å². The molecular formula is C11H20BrN5O. The number of aromatic nitrogens is 3. The zero-order valence-corrected chi connectivity index (χ0v) is 12.4. The average Bonchev–Trinajstić information content (AvgIpc) is 2.69. The molecule has 1 aliphatic rings. The summed E-state index contributed by atoms with van der Waals surface area (Å²) in [5.41, 5.74) is 7.18. The Morgan fingerprint density at radius 2 is 2.39 bits per heavy atom. The summed E-state index contributed by atoms with van der Waals surface area (Å²) < 4.78 is 8.20. The van der Waals surface area contributed by atoms with E-state index in [0.717, 1.165) is 38.4 Å². The van der Waals surface area contributed by atoms with Gasteiger partial charge in [-0.15, -0.1) is 5.10 Å². The molecule has 2 heterocycles. The van der Waals surface area contributed by atoms with Crippen LogP contribution in [0.25, 0.3) is 0 Å². The highest BCUT2D eigenvalue weighted by Gasteiger charge is 2.30. The number of morpholine rings is 1. The van der Waals surface area contributed by atoms with Gasteiger partial charge in [0.1, 0.15) is 0 Å². The van der Waals surface area contributed by atoms with E-state index in [0.29, 0.717) is 4.60 Å². The highest BCUT2D eigenvalue weighted by molar-refractivity contribution is 9.10. The third-order valence-electron chi connectivity index (χ3n) is 3.26. The van der Waals surface area contributed by atoms with Crippen molar-refractivity contribution < 1.29 is 4.74 Å². The summed E-state index contributed by atoms with van der Waals surface area (Å²) in [6.07, 6.45) is 1.15. The predicted octanol–water partition coefficient (Wildman–Crippen LogP) is 0.688. The van der Waals surface area contributed by atoms with Gasteiger partial charge in [-0.25, -0.2) is 4.68 Å². The molecule has 0 radical (unpaired) electrons. The Morgan fingerprint density at radius 1 is 1.61 bits per heavy atom. The molecule has 0 amide bonds. The summed E-state index contributed by atoms with van der Waals surface area (Å²) in [4.78, 5) is 2.39. The predicted molar refractivity (Wildman–Crippen MR) is 72.1 cm³/mol. The molecule has 1 aromatic heterocycles. The Labute approximate surface area is 116 Å². The smallest absolute Gasteiger partial charge is 0.153 e. The van der Waals surface area contributed by atoms with Crippen LogP contribution in [0.4, 0.5) is 0 Å². The van der Waals surface area contributed by atoms with E-state index in [9.17, 15) is 0 Å². The number of hydrogen-bond acceptors (Lipinski definition) is 5. The SMILES string of the molecule is CCCN1CCOC(C(N)c2c(Br)nnn2C)C1. The summed E-state index contributed by atoms with van der Waals surface area (Å²) in [5, 5.41) is 7.93. The molecule has 6 nitrogen and oxygen atoms in total. The number of rotatable bonds is 4. The fraction of sp³-hybridized carbons (Fsp3) is 0.818. The number of nitrogens with zero attached hydrogens (tertiary/aromatic N) is 4. The van der Waals surface area contributed by atoms with Crippen LogP contribution in [0.2, 0.25) is 0 Å². The second-order valence-electron chi connectivity index (χ2n) is 4.62. The van der Waals surface area contributed by atoms with Gasteiger partial charge in [-0.3, -0.25) is 4.90 Å². The summed E-state index contributed by atoms with van der Waals surface area (Å²) >= 11 is 3.39. The molecule has 1 fully saturated rings. The first-order valence-electron chi connectivity index (χ1n) is 6.28. The molecule has 2 rings (SSSR count). The maximum absolute atomic E-state index is 6.29. The van der Waals surface area contributed by atoms with Crippen LogP contribution in [0.3, 0.4) is 0 Å². The highest BCUT2D eigenvalue weighted by Crippen LogP contribution is 2.24. The first-order valence-corrected chi connectivity index (χ1v) is 7.07. The van der Waals surface area contributed by atoms with Crippen LogP contribution in [0, 0.1) is 0 Å². The summed E-state index contributed by atoms with van der Waals surface area (Å²) in [5.74, 6) is 0. The first kappa shape index (κ1) is 13.9. The number of ether oxygens (including phenoxy) is 1. The van der Waals surface area contributed by atoms with E-state index < -0.39 is 0 Å². The quantitative estimate of drug-likeness (QED) is 0.884. The van der Waals surface area contributed by atoms with Gasteiger partial charge in [0.05, 0.1) is 24.4 Å². The first-order chi connectivity index (χ1) is 8.63. The lowest BCUT2D eigenvalue weighted by Crippen LogP contribution is -2.47. The Hall–Kier alpha value is -0.500. The van der Waals surface area contributed by atoms with E-state index >= 15 is 0 Å². The number of hydrogen-bond donors (Lipinski definition) is 1. The fourth-order valence-corrected chi connectivity index (χ4v) is 2.93. The van der Waals surface area contributed by atoms with E-state index in [1.54, 1.807) is 4.68 Å². The lowest BCUT2D eigenvalue weighted by Gasteiger charge is -2.35. The molecule has 0 bridgehead atoms. The van der Waals surface area contributed by atoms with E-state index in [-0.39, 0.29) is 12.1 Å². The Morgan fingerprint density at radius 3 is 3.00 bits per heavy atom. The van der Waals surface area contributed by atoms with Gasteiger partial charge in [-0.2, -0.15) is 0 Å². The maximum Gasteiger partial charge on any atom is 0.153 e. The molecule has 1 aromatic rings. The topological polar surface area (TPSA) is 69.2 Å². The van der Waals surface area contributed by atoms with Crippen LogP contribution in [0.5, 0.6) is 0 Å². The lowest BCUT2D eigenvalue weighted by molar-refractivity contribution is -0.0419. The zero-order valence-electron chi connectivity index (χ0n) is 10.8. The second kappa shape index (κ2) is 6.10. The lowest BCUT2D eigenvalue weighted by atomic mass is 10.1. The van der Waals surface area contributed by atoms with Gasteiger partial charge >= 0.3 is 0 Å². The van der Waals surface area contributed by atoms with Gasteiger partial charge in [-0.05, 0) is 28.9 Å². The van der Waals surface area contributed by atoms with Crippen molar-refractivity contribution in [2.45, 2.75) is 25.5 Å². The zero-order chi connectivity index (χ0) is 13.1. The van der Waals surface area contributed by atoms with Crippen molar-refractivity contribution >= 4 is 15.9 Å². The monoisotopic (exact) mass is 317 g/mol. The number of halogens is 1. The Bertz CT molecular complexity index is 375. The van der Waals surface area contributed by atoms with Crippen LogP contribution >= 0.6 is 15.9 Å². The van der Waals surface area contributed by atoms with Gasteiger partial charge in [-0.1, -0.05) is 12.1 Å². The number of nitrogens with two attached hydrogens (primary N) is 1. The van der Waals surface area contributed by atoms with Gasteiger partial charge in [0.25, 0.3) is 0 Å². The van der Waals surface area contributed by atoms with Crippen molar-refractivity contribution in [3.8, 4) is 0 Å². The van der Waals surface area contributed by atoms with Crippen LogP contribution in [0.1, 0.15) is 25.1 Å². The maximum atomic E-state index is 6.29. The highest BCUT2D eigenvalue weighted by atomic mass is 79.9. The van der Waals surface area contributed by atoms with Crippen molar-refractivity contribution in [1.82, 2.24) is 19.9 Å². The summed E-state index contributed by atoms with van der Waals surface area (Å²) in [6.45, 7) is 5.87. The molecule has 1 aliphatic heterocycles. The van der Waals surface area contributed by atoms with Gasteiger partial charge < -0.3 is 10.5 Å². The third-order valence-corrected chi connectivity index (χ3v) is 3.83. The molecule has 2 N–H and O–H groups in total. The van der Waals surface area contributed by atoms with Gasteiger partial charge in [0.2, 0.25) is 0 Å². The van der Waals surface area contributed by atoms with Crippen LogP contribution in [-0.2, 0) is 11.8 Å². The number of aryl methyl sites for hydroxylation is 1. The minimum atomic E-state index is -0.209. The fourth-order valence-electron chi connectivity index (χ4n) is 2.34. The molecule has 0 spiro atoms. The Kier molecular flexibility index (Phi) is 4.71. The Balaban J connectivity index is 2.06. The summed E-state index contributed by atoms with van der Waals surface area (Å²) in [6, 6.07) is -0.209. The molecule has 0 saturated carbocycles. The van der Waals surface area contributed by atoms with Crippen molar-refractivity contribution in [1.29, 1.82) is 0 Å². The van der Waals surface area contributed by atoms with Crippen LogP contribution in [-0.4, -0.2) is 52.2 Å². The normalized spacial score (nSPS) is 23.2. The van der Waals surface area contributed by atoms with E-state index in [1.165, 1.54) is 0 Å². The van der Waals surface area contributed by atoms with E-state index in [2.05, 4.69) is 38.1 Å². The molecule has 102 valence electrons. The molecule has 0 aromatic carbocycles. The van der Waals surface area contributed by atoms with Crippen molar-refractivity contribution in [2.24, 2.45) is 12.8 Å². The van der Waals surface area contributed by atoms with Crippen molar-refractivity contribution in [3.05, 3.63) is 10.3 Å². The molecule has 18 heavy (non-hydrogen) atoms. The van der Waals surface area contributed by atoms with Gasteiger partial charge in [0.15, 0.2) is 4.60 Å². The van der Waals surface area contributed by atoms with Crippen molar-refractivity contribution in [2.75, 3.05) is 26.2 Å². The van der Waals surface area contributed by atoms with E-state index in [1.807, 2.05) is 7.05 Å². The molecule has 2 unspecified atom stereocenters. The van der Waals surface area contributed by atoms with Crippen molar-refractivity contribution in [3.63, 3.8) is 0 Å². The molecule has 1 saturated heterocycles. The van der Waals surface area contributed by atoms with Gasteiger partial charge in [0, 0.05) is 20.1 Å². The second-order valence-corrected chi connectivity index (χ2v) is 5.38.